The molecule has 1 aromatic heterocycles. The van der Waals surface area contributed by atoms with Gasteiger partial charge < -0.3 is 0 Å². The smallest absolute Gasteiger partial charge is 0.260 e. The van der Waals surface area contributed by atoms with Gasteiger partial charge >= 0.3 is 6.18 Å². The molecule has 0 aliphatic rings. The van der Waals surface area contributed by atoms with E-state index in [2.05, 4.69) is 4.98 Å². The van der Waals surface area contributed by atoms with Crippen LogP contribution in [0.1, 0.15) is 23.2 Å². The minimum atomic E-state index is -4.88. The van der Waals surface area contributed by atoms with Gasteiger partial charge in [0.1, 0.15) is 0 Å². The van der Waals surface area contributed by atoms with Crippen LogP contribution >= 0.6 is 0 Å². The Balaban J connectivity index is 3.28. The van der Waals surface area contributed by atoms with Crippen molar-refractivity contribution in [2.45, 2.75) is 19.0 Å². The largest absolute Gasteiger partial charge is 0.417 e. The van der Waals surface area contributed by atoms with Gasteiger partial charge in [-0.15, -0.1) is 0 Å². The summed E-state index contributed by atoms with van der Waals surface area (Å²) in [7, 11) is 0. The standard InChI is InChI=1S/C9H5F5N2/c10-8(11)6-4-16-5(1-2-15)3-7(6)9(12,13)14/h3-4,8H,1H2. The molecule has 86 valence electrons. The first kappa shape index (κ1) is 12.4. The summed E-state index contributed by atoms with van der Waals surface area (Å²) < 4.78 is 61.7. The Morgan fingerprint density at radius 1 is 1.38 bits per heavy atom. The first-order valence-corrected chi connectivity index (χ1v) is 4.07. The predicted octanol–water partition coefficient (Wildman–Crippen LogP) is 3.10. The van der Waals surface area contributed by atoms with Crippen LogP contribution in [0.5, 0.6) is 0 Å². The minimum absolute atomic E-state index is 0.181. The Bertz CT molecular complexity index is 419. The number of rotatable bonds is 2. The highest BCUT2D eigenvalue weighted by Crippen LogP contribution is 2.36. The Morgan fingerprint density at radius 2 is 2.00 bits per heavy atom. The molecular weight excluding hydrogens is 231 g/mol. The summed E-state index contributed by atoms with van der Waals surface area (Å²) in [6, 6.07) is 2.07. The molecule has 0 spiro atoms. The first-order valence-electron chi connectivity index (χ1n) is 4.07. The van der Waals surface area contributed by atoms with E-state index in [1.165, 1.54) is 0 Å². The average molecular weight is 236 g/mol. The third-order valence-corrected chi connectivity index (χ3v) is 1.79. The molecule has 0 radical (unpaired) electrons. The van der Waals surface area contributed by atoms with E-state index in [-0.39, 0.29) is 12.1 Å². The van der Waals surface area contributed by atoms with Crippen LogP contribution in [0.15, 0.2) is 12.3 Å². The highest BCUT2D eigenvalue weighted by Gasteiger charge is 2.36. The van der Waals surface area contributed by atoms with Crippen molar-refractivity contribution in [3.63, 3.8) is 0 Å². The summed E-state index contributed by atoms with van der Waals surface area (Å²) in [5.74, 6) is 0. The van der Waals surface area contributed by atoms with Gasteiger partial charge in [0.2, 0.25) is 0 Å². The highest BCUT2D eigenvalue weighted by molar-refractivity contribution is 5.31. The third kappa shape index (κ3) is 2.66. The molecule has 0 N–H and O–H groups in total. The first-order chi connectivity index (χ1) is 7.36. The maximum absolute atomic E-state index is 12.4. The van der Waals surface area contributed by atoms with Gasteiger partial charge in [-0.1, -0.05) is 0 Å². The number of aromatic nitrogens is 1. The quantitative estimate of drug-likeness (QED) is 0.740. The molecule has 16 heavy (non-hydrogen) atoms. The molecule has 0 saturated carbocycles. The molecular formula is C9H5F5N2. The topological polar surface area (TPSA) is 36.7 Å². The van der Waals surface area contributed by atoms with Gasteiger partial charge in [0, 0.05) is 11.8 Å². The lowest BCUT2D eigenvalue weighted by Crippen LogP contribution is -2.11. The fourth-order valence-corrected chi connectivity index (χ4v) is 1.11. The zero-order chi connectivity index (χ0) is 12.3. The molecule has 0 unspecified atom stereocenters. The highest BCUT2D eigenvalue weighted by atomic mass is 19.4. The van der Waals surface area contributed by atoms with Gasteiger partial charge in [-0.3, -0.25) is 4.98 Å². The molecule has 1 heterocycles. The number of nitrogens with zero attached hydrogens (tertiary/aromatic N) is 2. The Labute approximate surface area is 87.3 Å². The van der Waals surface area contributed by atoms with Crippen LogP contribution in [0.25, 0.3) is 0 Å². The molecule has 0 aromatic carbocycles. The molecule has 0 amide bonds. The minimum Gasteiger partial charge on any atom is -0.260 e. The van der Waals surface area contributed by atoms with Gasteiger partial charge in [-0.05, 0) is 6.07 Å². The SMILES string of the molecule is N#CCc1cc(C(F)(F)F)c(C(F)F)cn1. The predicted molar refractivity (Wildman–Crippen MR) is 43.5 cm³/mol. The summed E-state index contributed by atoms with van der Waals surface area (Å²) in [6.45, 7) is 0. The average Bonchev–Trinajstić information content (AvgIpc) is 2.16. The molecule has 0 aliphatic carbocycles. The summed E-state index contributed by atoms with van der Waals surface area (Å²) in [4.78, 5) is 3.36. The second kappa shape index (κ2) is 4.43. The van der Waals surface area contributed by atoms with Crippen molar-refractivity contribution >= 4 is 0 Å². The zero-order valence-electron chi connectivity index (χ0n) is 7.72. The van der Waals surface area contributed by atoms with E-state index >= 15 is 0 Å². The molecule has 7 heteroatoms. The van der Waals surface area contributed by atoms with E-state index in [1.54, 1.807) is 6.07 Å². The fraction of sp³-hybridized carbons (Fsp3) is 0.333. The van der Waals surface area contributed by atoms with Crippen LogP contribution in [0, 0.1) is 11.3 Å². The number of pyridine rings is 1. The summed E-state index contributed by atoms with van der Waals surface area (Å²) in [5.41, 5.74) is -2.80. The lowest BCUT2D eigenvalue weighted by atomic mass is 10.1. The number of nitriles is 1. The monoisotopic (exact) mass is 236 g/mol. The summed E-state index contributed by atoms with van der Waals surface area (Å²) in [6.07, 6.45) is -8.02. The van der Waals surface area contributed by atoms with Crippen LogP contribution in [0.4, 0.5) is 22.0 Å². The number of hydrogen-bond donors (Lipinski definition) is 0. The molecule has 0 saturated heterocycles. The van der Waals surface area contributed by atoms with E-state index in [9.17, 15) is 22.0 Å². The molecule has 0 fully saturated rings. The summed E-state index contributed by atoms with van der Waals surface area (Å²) in [5, 5.41) is 8.27. The third-order valence-electron chi connectivity index (χ3n) is 1.79. The number of halogens is 5. The van der Waals surface area contributed by atoms with Crippen LogP contribution in [-0.2, 0) is 12.6 Å². The van der Waals surface area contributed by atoms with E-state index < -0.39 is 23.7 Å². The van der Waals surface area contributed by atoms with Gasteiger partial charge in [0.05, 0.1) is 23.7 Å². The van der Waals surface area contributed by atoms with Crippen molar-refractivity contribution in [1.82, 2.24) is 4.98 Å². The lowest BCUT2D eigenvalue weighted by Gasteiger charge is -2.12. The van der Waals surface area contributed by atoms with Crippen LogP contribution in [-0.4, -0.2) is 4.98 Å². The Kier molecular flexibility index (Phi) is 3.42. The Morgan fingerprint density at radius 3 is 2.44 bits per heavy atom. The van der Waals surface area contributed by atoms with Gasteiger partial charge in [0.15, 0.2) is 0 Å². The van der Waals surface area contributed by atoms with E-state index in [0.29, 0.717) is 12.3 Å². The van der Waals surface area contributed by atoms with Crippen molar-refractivity contribution in [2.24, 2.45) is 0 Å². The molecule has 1 rings (SSSR count). The molecule has 0 atom stereocenters. The number of alkyl halides is 5. The molecule has 1 aromatic rings. The molecule has 0 bridgehead atoms. The van der Waals surface area contributed by atoms with Crippen LogP contribution in [0.2, 0.25) is 0 Å². The van der Waals surface area contributed by atoms with E-state index in [4.69, 9.17) is 5.26 Å². The van der Waals surface area contributed by atoms with Gasteiger partial charge in [0.25, 0.3) is 6.43 Å². The van der Waals surface area contributed by atoms with Crippen molar-refractivity contribution in [3.05, 3.63) is 29.1 Å². The second-order valence-electron chi connectivity index (χ2n) is 2.90. The van der Waals surface area contributed by atoms with Crippen molar-refractivity contribution in [1.29, 1.82) is 5.26 Å². The van der Waals surface area contributed by atoms with E-state index in [1.807, 2.05) is 0 Å². The maximum Gasteiger partial charge on any atom is 0.417 e. The molecule has 2 nitrogen and oxygen atoms in total. The van der Waals surface area contributed by atoms with Crippen molar-refractivity contribution in [3.8, 4) is 6.07 Å². The van der Waals surface area contributed by atoms with Crippen LogP contribution < -0.4 is 0 Å². The van der Waals surface area contributed by atoms with Crippen molar-refractivity contribution < 1.29 is 22.0 Å². The molecule has 0 aliphatic heterocycles. The normalized spacial score (nSPS) is 11.6. The van der Waals surface area contributed by atoms with Gasteiger partial charge in [-0.2, -0.15) is 18.4 Å². The van der Waals surface area contributed by atoms with Gasteiger partial charge in [-0.25, -0.2) is 8.78 Å². The zero-order valence-corrected chi connectivity index (χ0v) is 7.72. The van der Waals surface area contributed by atoms with Crippen molar-refractivity contribution in [2.75, 3.05) is 0 Å². The maximum atomic E-state index is 12.4. The fourth-order valence-electron chi connectivity index (χ4n) is 1.11. The van der Waals surface area contributed by atoms with E-state index in [0.717, 1.165) is 0 Å². The Hall–Kier alpha value is -1.71. The summed E-state index contributed by atoms with van der Waals surface area (Å²) >= 11 is 0. The van der Waals surface area contributed by atoms with Crippen LogP contribution in [0.3, 0.4) is 0 Å². The second-order valence-corrected chi connectivity index (χ2v) is 2.90. The lowest BCUT2D eigenvalue weighted by molar-refractivity contribution is -0.139. The number of hydrogen-bond acceptors (Lipinski definition) is 2.